The molecule has 0 aliphatic carbocycles. The molecule has 0 aliphatic rings. The van der Waals surface area contributed by atoms with Crippen LogP contribution in [-0.2, 0) is 4.79 Å². The van der Waals surface area contributed by atoms with Gasteiger partial charge in [0.25, 0.3) is 5.91 Å². The number of phenolic OH excluding ortho intramolecular Hbond substituents is 1. The first-order valence-electron chi connectivity index (χ1n) is 7.24. The maximum absolute atomic E-state index is 11.8. The van der Waals surface area contributed by atoms with E-state index < -0.39 is 5.91 Å². The van der Waals surface area contributed by atoms with Crippen LogP contribution in [0.4, 0.5) is 0 Å². The van der Waals surface area contributed by atoms with Crippen molar-refractivity contribution in [2.75, 3.05) is 20.0 Å². The minimum atomic E-state index is -0.458. The Labute approximate surface area is 149 Å². The Hall–Kier alpha value is -2.81. The number of aryl methyl sites for hydroxylation is 1. The van der Waals surface area contributed by atoms with Crippen LogP contribution in [0.2, 0.25) is 0 Å². The van der Waals surface area contributed by atoms with E-state index in [-0.39, 0.29) is 12.4 Å². The lowest BCUT2D eigenvalue weighted by molar-refractivity contribution is -0.123. The maximum Gasteiger partial charge on any atom is 0.278 e. The molecule has 1 aromatic carbocycles. The molecule has 0 fully saturated rings. The van der Waals surface area contributed by atoms with Crippen LogP contribution >= 0.6 is 11.8 Å². The van der Waals surface area contributed by atoms with Crippen molar-refractivity contribution in [3.05, 3.63) is 35.5 Å². The normalized spacial score (nSPS) is 10.7. The minimum absolute atomic E-state index is 0.0553. The summed E-state index contributed by atoms with van der Waals surface area (Å²) in [6, 6.07) is 6.60. The van der Waals surface area contributed by atoms with Crippen LogP contribution in [-0.4, -0.2) is 47.2 Å². The number of carbonyl (C=O) groups is 1. The standard InChI is InChI=1S/C16H18N4O4S/c1-10-7-14(19-16(18-10)25-3)24-9-13(21)20-17-8-11-5-4-6-12(23-2)15(11)22/h4-8,22H,9H2,1-3H3,(H,20,21)/b17-8+. The largest absolute Gasteiger partial charge is 0.504 e. The van der Waals surface area contributed by atoms with Gasteiger partial charge in [0.1, 0.15) is 0 Å². The van der Waals surface area contributed by atoms with Gasteiger partial charge in [0.15, 0.2) is 23.3 Å². The maximum atomic E-state index is 11.8. The molecule has 0 saturated heterocycles. The van der Waals surface area contributed by atoms with Crippen LogP contribution in [0.25, 0.3) is 0 Å². The molecule has 0 bridgehead atoms. The Balaban J connectivity index is 1.90. The fourth-order valence-corrected chi connectivity index (χ4v) is 2.25. The predicted octanol–water partition coefficient (Wildman–Crippen LogP) is 1.75. The Kier molecular flexibility index (Phi) is 6.58. The molecule has 0 aliphatic heterocycles. The number of aromatic hydroxyl groups is 1. The van der Waals surface area contributed by atoms with Gasteiger partial charge in [-0.1, -0.05) is 17.8 Å². The van der Waals surface area contributed by atoms with Crippen molar-refractivity contribution in [2.45, 2.75) is 12.1 Å². The zero-order chi connectivity index (χ0) is 18.2. The smallest absolute Gasteiger partial charge is 0.278 e. The highest BCUT2D eigenvalue weighted by molar-refractivity contribution is 7.98. The van der Waals surface area contributed by atoms with E-state index in [2.05, 4.69) is 20.5 Å². The molecule has 132 valence electrons. The van der Waals surface area contributed by atoms with Crippen LogP contribution in [0.15, 0.2) is 34.5 Å². The van der Waals surface area contributed by atoms with Crippen molar-refractivity contribution < 1.29 is 19.4 Å². The number of hydrazone groups is 1. The molecule has 0 spiro atoms. The molecule has 0 atom stereocenters. The topological polar surface area (TPSA) is 106 Å². The highest BCUT2D eigenvalue weighted by Gasteiger charge is 2.07. The molecule has 0 saturated carbocycles. The molecule has 8 nitrogen and oxygen atoms in total. The summed E-state index contributed by atoms with van der Waals surface area (Å²) in [7, 11) is 1.45. The Morgan fingerprint density at radius 1 is 1.44 bits per heavy atom. The van der Waals surface area contributed by atoms with E-state index in [1.807, 2.05) is 13.2 Å². The van der Waals surface area contributed by atoms with Gasteiger partial charge in [-0.05, 0) is 25.3 Å². The molecule has 1 aromatic heterocycles. The van der Waals surface area contributed by atoms with E-state index in [4.69, 9.17) is 9.47 Å². The minimum Gasteiger partial charge on any atom is -0.504 e. The number of nitrogens with zero attached hydrogens (tertiary/aromatic N) is 3. The number of carbonyl (C=O) groups excluding carboxylic acids is 1. The number of para-hydroxylation sites is 1. The summed E-state index contributed by atoms with van der Waals surface area (Å²) >= 11 is 1.39. The molecule has 9 heteroatoms. The Bertz CT molecular complexity index is 783. The number of ether oxygens (including phenoxy) is 2. The average molecular weight is 362 g/mol. The van der Waals surface area contributed by atoms with Gasteiger partial charge in [-0.2, -0.15) is 10.1 Å². The van der Waals surface area contributed by atoms with Gasteiger partial charge in [-0.3, -0.25) is 4.79 Å². The zero-order valence-electron chi connectivity index (χ0n) is 14.0. The number of hydrogen-bond acceptors (Lipinski definition) is 8. The fourth-order valence-electron chi connectivity index (χ4n) is 1.83. The van der Waals surface area contributed by atoms with Crippen molar-refractivity contribution in [1.29, 1.82) is 0 Å². The van der Waals surface area contributed by atoms with Crippen LogP contribution < -0.4 is 14.9 Å². The summed E-state index contributed by atoms with van der Waals surface area (Å²) in [5.41, 5.74) is 3.48. The van der Waals surface area contributed by atoms with Crippen molar-refractivity contribution in [3.8, 4) is 17.4 Å². The van der Waals surface area contributed by atoms with Crippen LogP contribution in [0.5, 0.6) is 17.4 Å². The summed E-state index contributed by atoms with van der Waals surface area (Å²) in [5, 5.41) is 14.3. The van der Waals surface area contributed by atoms with E-state index in [0.29, 0.717) is 22.3 Å². The third-order valence-corrected chi connectivity index (χ3v) is 3.53. The molecular formula is C16H18N4O4S. The lowest BCUT2D eigenvalue weighted by Gasteiger charge is -2.06. The van der Waals surface area contributed by atoms with Gasteiger partial charge in [-0.15, -0.1) is 0 Å². The summed E-state index contributed by atoms with van der Waals surface area (Å²) in [5.74, 6) is 0.129. The Morgan fingerprint density at radius 2 is 2.24 bits per heavy atom. The number of hydrogen-bond donors (Lipinski definition) is 2. The number of phenols is 1. The molecule has 25 heavy (non-hydrogen) atoms. The second-order valence-electron chi connectivity index (χ2n) is 4.81. The molecule has 2 N–H and O–H groups in total. The lowest BCUT2D eigenvalue weighted by atomic mass is 10.2. The van der Waals surface area contributed by atoms with Gasteiger partial charge in [0, 0.05) is 17.3 Å². The van der Waals surface area contributed by atoms with Crippen molar-refractivity contribution in [1.82, 2.24) is 15.4 Å². The van der Waals surface area contributed by atoms with E-state index in [1.165, 1.54) is 25.1 Å². The first kappa shape index (κ1) is 18.5. The molecule has 2 aromatic rings. The van der Waals surface area contributed by atoms with Crippen molar-refractivity contribution >= 4 is 23.9 Å². The summed E-state index contributed by atoms with van der Waals surface area (Å²) in [6.45, 7) is 1.57. The van der Waals surface area contributed by atoms with Gasteiger partial charge in [-0.25, -0.2) is 10.4 Å². The van der Waals surface area contributed by atoms with Crippen molar-refractivity contribution in [2.24, 2.45) is 5.10 Å². The van der Waals surface area contributed by atoms with E-state index in [1.54, 1.807) is 24.3 Å². The molecule has 1 heterocycles. The van der Waals surface area contributed by atoms with Crippen LogP contribution in [0, 0.1) is 6.92 Å². The molecule has 0 radical (unpaired) electrons. The highest BCUT2D eigenvalue weighted by Crippen LogP contribution is 2.27. The van der Waals surface area contributed by atoms with E-state index in [9.17, 15) is 9.90 Å². The predicted molar refractivity (Wildman–Crippen MR) is 94.4 cm³/mol. The van der Waals surface area contributed by atoms with Gasteiger partial charge >= 0.3 is 0 Å². The van der Waals surface area contributed by atoms with Crippen molar-refractivity contribution in [3.63, 3.8) is 0 Å². The number of rotatable bonds is 7. The monoisotopic (exact) mass is 362 g/mol. The average Bonchev–Trinajstić information content (AvgIpc) is 2.61. The number of amides is 1. The number of benzene rings is 1. The first-order valence-corrected chi connectivity index (χ1v) is 8.46. The second kappa shape index (κ2) is 8.88. The summed E-state index contributed by atoms with van der Waals surface area (Å²) in [4.78, 5) is 20.1. The number of aromatic nitrogens is 2. The van der Waals surface area contributed by atoms with Gasteiger partial charge < -0.3 is 14.6 Å². The van der Waals surface area contributed by atoms with Crippen LogP contribution in [0.1, 0.15) is 11.3 Å². The van der Waals surface area contributed by atoms with Gasteiger partial charge in [0.05, 0.1) is 13.3 Å². The van der Waals surface area contributed by atoms with E-state index >= 15 is 0 Å². The fraction of sp³-hybridized carbons (Fsp3) is 0.250. The van der Waals surface area contributed by atoms with Crippen LogP contribution in [0.3, 0.4) is 0 Å². The quantitative estimate of drug-likeness (QED) is 0.334. The third-order valence-electron chi connectivity index (χ3n) is 2.99. The molecule has 2 rings (SSSR count). The van der Waals surface area contributed by atoms with E-state index in [0.717, 1.165) is 5.69 Å². The molecular weight excluding hydrogens is 344 g/mol. The number of thioether (sulfide) groups is 1. The number of methoxy groups -OCH3 is 1. The SMILES string of the molecule is COc1cccc(/C=N/NC(=O)COc2cc(C)nc(SC)n2)c1O. The zero-order valence-corrected chi connectivity index (χ0v) is 14.8. The second-order valence-corrected chi connectivity index (χ2v) is 5.59. The van der Waals surface area contributed by atoms with Gasteiger partial charge in [0.2, 0.25) is 5.88 Å². The molecule has 0 unspecified atom stereocenters. The summed E-state index contributed by atoms with van der Waals surface area (Å²) in [6.07, 6.45) is 3.17. The first-order chi connectivity index (χ1) is 12.0. The third kappa shape index (κ3) is 5.35. The number of nitrogens with one attached hydrogen (secondary N) is 1. The molecule has 1 amide bonds. The summed E-state index contributed by atoms with van der Waals surface area (Å²) < 4.78 is 10.3. The Morgan fingerprint density at radius 3 is 2.96 bits per heavy atom. The highest BCUT2D eigenvalue weighted by atomic mass is 32.2. The lowest BCUT2D eigenvalue weighted by Crippen LogP contribution is -2.25.